The van der Waals surface area contributed by atoms with Gasteiger partial charge in [-0.3, -0.25) is 4.79 Å². The molecule has 0 aliphatic carbocycles. The highest BCUT2D eigenvalue weighted by molar-refractivity contribution is 9.09. The Morgan fingerprint density at radius 2 is 2.16 bits per heavy atom. The topological polar surface area (TPSA) is 59.0 Å². The van der Waals surface area contributed by atoms with Gasteiger partial charge in [0.25, 0.3) is 5.91 Å². The summed E-state index contributed by atoms with van der Waals surface area (Å²) in [6, 6.07) is 4.57. The molecule has 0 unspecified atom stereocenters. The van der Waals surface area contributed by atoms with Gasteiger partial charge in [-0.05, 0) is 18.2 Å². The number of likely N-dealkylation sites (N-methyl/N-ethyl adjacent to an activating group) is 1. The summed E-state index contributed by atoms with van der Waals surface area (Å²) in [6.07, 6.45) is 0. The standard InChI is InChI=1S/C13H18BrNO4/c1-15(6-8-19-7-5-14)13(17)11-9-10(18-2)3-4-12(11)16/h3-4,9,16H,5-8H2,1-2H3. The predicted molar refractivity (Wildman–Crippen MR) is 76.2 cm³/mol. The molecule has 1 rings (SSSR count). The lowest BCUT2D eigenvalue weighted by Gasteiger charge is -2.18. The first kappa shape index (κ1) is 15.8. The van der Waals surface area contributed by atoms with Gasteiger partial charge in [-0.25, -0.2) is 0 Å². The summed E-state index contributed by atoms with van der Waals surface area (Å²) in [6.45, 7) is 1.52. The average molecular weight is 332 g/mol. The van der Waals surface area contributed by atoms with Crippen molar-refractivity contribution in [1.82, 2.24) is 4.90 Å². The number of hydrogen-bond acceptors (Lipinski definition) is 4. The molecule has 0 aliphatic heterocycles. The number of halogens is 1. The fraction of sp³-hybridized carbons (Fsp3) is 0.462. The molecule has 0 aliphatic rings. The van der Waals surface area contributed by atoms with E-state index in [-0.39, 0.29) is 17.2 Å². The molecule has 0 saturated carbocycles. The molecule has 0 spiro atoms. The lowest BCUT2D eigenvalue weighted by molar-refractivity contribution is 0.0710. The van der Waals surface area contributed by atoms with Crippen LogP contribution in [0.2, 0.25) is 0 Å². The minimum Gasteiger partial charge on any atom is -0.507 e. The number of carbonyl (C=O) groups excluding carboxylic acids is 1. The van der Waals surface area contributed by atoms with Crippen molar-refractivity contribution in [3.05, 3.63) is 23.8 Å². The number of phenolic OH excluding ortho intramolecular Hbond substituents is 1. The highest BCUT2D eigenvalue weighted by atomic mass is 79.9. The van der Waals surface area contributed by atoms with Crippen LogP contribution in [0.5, 0.6) is 11.5 Å². The average Bonchev–Trinajstić information content (AvgIpc) is 2.43. The normalized spacial score (nSPS) is 10.3. The zero-order chi connectivity index (χ0) is 14.3. The number of aromatic hydroxyl groups is 1. The van der Waals surface area contributed by atoms with Gasteiger partial charge in [0.15, 0.2) is 0 Å². The van der Waals surface area contributed by atoms with E-state index in [0.29, 0.717) is 25.5 Å². The molecule has 0 bridgehead atoms. The van der Waals surface area contributed by atoms with Crippen LogP contribution in [0, 0.1) is 0 Å². The number of carbonyl (C=O) groups is 1. The lowest BCUT2D eigenvalue weighted by Crippen LogP contribution is -2.30. The van der Waals surface area contributed by atoms with Crippen molar-refractivity contribution in [3.8, 4) is 11.5 Å². The second-order valence-electron chi connectivity index (χ2n) is 3.91. The Hall–Kier alpha value is -1.27. The SMILES string of the molecule is COc1ccc(O)c(C(=O)N(C)CCOCCBr)c1. The van der Waals surface area contributed by atoms with Crippen LogP contribution in [0.1, 0.15) is 10.4 Å². The third-order valence-electron chi connectivity index (χ3n) is 2.57. The first-order chi connectivity index (χ1) is 9.10. The number of amides is 1. The molecule has 1 amide bonds. The first-order valence-corrected chi connectivity index (χ1v) is 6.98. The second kappa shape index (κ2) is 8.01. The molecule has 5 nitrogen and oxygen atoms in total. The summed E-state index contributed by atoms with van der Waals surface area (Å²) in [5.41, 5.74) is 0.224. The molecule has 0 saturated heterocycles. The van der Waals surface area contributed by atoms with Gasteiger partial charge in [-0.2, -0.15) is 0 Å². The first-order valence-electron chi connectivity index (χ1n) is 5.86. The second-order valence-corrected chi connectivity index (χ2v) is 4.70. The molecule has 0 heterocycles. The fourth-order valence-corrected chi connectivity index (χ4v) is 1.71. The maximum absolute atomic E-state index is 12.1. The van der Waals surface area contributed by atoms with E-state index in [1.807, 2.05) is 0 Å². The van der Waals surface area contributed by atoms with Crippen LogP contribution in [0.25, 0.3) is 0 Å². The van der Waals surface area contributed by atoms with Gasteiger partial charge in [0.2, 0.25) is 0 Å². The van der Waals surface area contributed by atoms with E-state index in [4.69, 9.17) is 9.47 Å². The Labute approximate surface area is 121 Å². The third-order valence-corrected chi connectivity index (χ3v) is 2.90. The highest BCUT2D eigenvalue weighted by Crippen LogP contribution is 2.23. The molecule has 0 atom stereocenters. The van der Waals surface area contributed by atoms with Gasteiger partial charge in [-0.15, -0.1) is 0 Å². The van der Waals surface area contributed by atoms with Crippen molar-refractivity contribution in [2.75, 3.05) is 39.2 Å². The van der Waals surface area contributed by atoms with Crippen molar-refractivity contribution in [2.24, 2.45) is 0 Å². The molecule has 6 heteroatoms. The van der Waals surface area contributed by atoms with Crippen LogP contribution in [0.4, 0.5) is 0 Å². The number of hydrogen-bond donors (Lipinski definition) is 1. The largest absolute Gasteiger partial charge is 0.507 e. The molecule has 1 aromatic rings. The number of alkyl halides is 1. The summed E-state index contributed by atoms with van der Waals surface area (Å²) in [5.74, 6) is 0.211. The van der Waals surface area contributed by atoms with E-state index in [9.17, 15) is 9.90 Å². The zero-order valence-electron chi connectivity index (χ0n) is 11.1. The molecule has 106 valence electrons. The minimum atomic E-state index is -0.265. The molecular weight excluding hydrogens is 314 g/mol. The molecule has 1 N–H and O–H groups in total. The molecular formula is C13H18BrNO4. The third kappa shape index (κ3) is 4.72. The maximum atomic E-state index is 12.1. The van der Waals surface area contributed by atoms with Crippen molar-refractivity contribution >= 4 is 21.8 Å². The Morgan fingerprint density at radius 3 is 2.79 bits per heavy atom. The molecule has 0 radical (unpaired) electrons. The van der Waals surface area contributed by atoms with E-state index in [2.05, 4.69) is 15.9 Å². The lowest BCUT2D eigenvalue weighted by atomic mass is 10.1. The molecule has 19 heavy (non-hydrogen) atoms. The quantitative estimate of drug-likeness (QED) is 0.612. The van der Waals surface area contributed by atoms with Crippen LogP contribution < -0.4 is 4.74 Å². The van der Waals surface area contributed by atoms with Gasteiger partial charge >= 0.3 is 0 Å². The number of methoxy groups -OCH3 is 1. The number of benzene rings is 1. The van der Waals surface area contributed by atoms with Gasteiger partial charge in [0.1, 0.15) is 11.5 Å². The molecule has 0 fully saturated rings. The Morgan fingerprint density at radius 1 is 1.42 bits per heavy atom. The zero-order valence-corrected chi connectivity index (χ0v) is 12.6. The maximum Gasteiger partial charge on any atom is 0.257 e. The number of rotatable bonds is 7. The van der Waals surface area contributed by atoms with Crippen LogP contribution in [0.15, 0.2) is 18.2 Å². The van der Waals surface area contributed by atoms with Crippen molar-refractivity contribution in [3.63, 3.8) is 0 Å². The number of ether oxygens (including phenoxy) is 2. The molecule has 1 aromatic carbocycles. The predicted octanol–water partition coefficient (Wildman–Crippen LogP) is 1.88. The summed E-state index contributed by atoms with van der Waals surface area (Å²) in [5, 5.41) is 10.5. The van der Waals surface area contributed by atoms with Crippen molar-refractivity contribution in [2.45, 2.75) is 0 Å². The highest BCUT2D eigenvalue weighted by Gasteiger charge is 2.16. The Bertz CT molecular complexity index is 425. The molecule has 0 aromatic heterocycles. The van der Waals surface area contributed by atoms with Crippen molar-refractivity contribution < 1.29 is 19.4 Å². The van der Waals surface area contributed by atoms with Crippen LogP contribution >= 0.6 is 15.9 Å². The van der Waals surface area contributed by atoms with E-state index in [1.54, 1.807) is 13.1 Å². The van der Waals surface area contributed by atoms with Crippen LogP contribution in [-0.2, 0) is 4.74 Å². The minimum absolute atomic E-state index is 0.0565. The summed E-state index contributed by atoms with van der Waals surface area (Å²) >= 11 is 3.26. The van der Waals surface area contributed by atoms with Gasteiger partial charge < -0.3 is 19.5 Å². The smallest absolute Gasteiger partial charge is 0.257 e. The van der Waals surface area contributed by atoms with Crippen LogP contribution in [0.3, 0.4) is 0 Å². The Kier molecular flexibility index (Phi) is 6.66. The van der Waals surface area contributed by atoms with E-state index >= 15 is 0 Å². The summed E-state index contributed by atoms with van der Waals surface area (Å²) in [7, 11) is 3.18. The number of phenols is 1. The van der Waals surface area contributed by atoms with Crippen molar-refractivity contribution in [1.29, 1.82) is 0 Å². The van der Waals surface area contributed by atoms with Gasteiger partial charge in [0, 0.05) is 18.9 Å². The van der Waals surface area contributed by atoms with Gasteiger partial charge in [-0.1, -0.05) is 15.9 Å². The Balaban J connectivity index is 2.65. The van der Waals surface area contributed by atoms with E-state index in [0.717, 1.165) is 5.33 Å². The van der Waals surface area contributed by atoms with Gasteiger partial charge in [0.05, 0.1) is 25.9 Å². The monoisotopic (exact) mass is 331 g/mol. The van der Waals surface area contributed by atoms with E-state index < -0.39 is 0 Å². The fourth-order valence-electron chi connectivity index (χ4n) is 1.48. The summed E-state index contributed by atoms with van der Waals surface area (Å²) < 4.78 is 10.3. The number of nitrogens with zero attached hydrogens (tertiary/aromatic N) is 1. The summed E-state index contributed by atoms with van der Waals surface area (Å²) in [4.78, 5) is 13.6. The van der Waals surface area contributed by atoms with Crippen LogP contribution in [-0.4, -0.2) is 55.2 Å². The van der Waals surface area contributed by atoms with E-state index in [1.165, 1.54) is 24.1 Å².